The molecule has 1 N–H and O–H groups in total. The summed E-state index contributed by atoms with van der Waals surface area (Å²) in [5.74, 6) is 0.185. The van der Waals surface area contributed by atoms with Gasteiger partial charge >= 0.3 is 0 Å². The van der Waals surface area contributed by atoms with Crippen molar-refractivity contribution in [2.45, 2.75) is 6.42 Å². The van der Waals surface area contributed by atoms with Crippen LogP contribution in [0, 0.1) is 16.0 Å². The first-order valence-corrected chi connectivity index (χ1v) is 7.17. The van der Waals surface area contributed by atoms with Gasteiger partial charge in [-0.2, -0.15) is 0 Å². The molecule has 1 fully saturated rings. The number of carbonyl (C=O) groups is 1. The van der Waals surface area contributed by atoms with Gasteiger partial charge in [-0.05, 0) is 54.0 Å². The minimum atomic E-state index is -0.507. The topological polar surface area (TPSA) is 75.5 Å². The lowest BCUT2D eigenvalue weighted by Gasteiger charge is -2.11. The van der Waals surface area contributed by atoms with E-state index < -0.39 is 4.92 Å². The van der Waals surface area contributed by atoms with E-state index in [1.807, 2.05) is 0 Å². The quantitative estimate of drug-likeness (QED) is 0.671. The summed E-state index contributed by atoms with van der Waals surface area (Å²) in [5.41, 5.74) is 0.213. The van der Waals surface area contributed by atoms with E-state index in [9.17, 15) is 14.9 Å². The maximum atomic E-state index is 12.0. The number of nitrogens with zero attached hydrogens (tertiary/aromatic N) is 2. The van der Waals surface area contributed by atoms with E-state index in [0.717, 1.165) is 19.5 Å². The molecule has 1 aliphatic rings. The molecule has 1 atom stereocenters. The van der Waals surface area contributed by atoms with Gasteiger partial charge in [0.05, 0.1) is 9.40 Å². The number of hydrogen-bond acceptors (Lipinski definition) is 4. The zero-order valence-corrected chi connectivity index (χ0v) is 12.7. The summed E-state index contributed by atoms with van der Waals surface area (Å²) in [7, 11) is 2.06. The van der Waals surface area contributed by atoms with Gasteiger partial charge in [-0.15, -0.1) is 0 Å². The summed E-state index contributed by atoms with van der Waals surface area (Å²) in [6.07, 6.45) is 1.07. The molecule has 0 spiro atoms. The molecule has 1 aromatic carbocycles. The predicted molar refractivity (Wildman–Crippen MR) is 78.7 cm³/mol. The molecular weight excluding hydrogens is 326 g/mol. The van der Waals surface area contributed by atoms with Crippen LogP contribution in [0.25, 0.3) is 0 Å². The molecule has 1 saturated heterocycles. The predicted octanol–water partition coefficient (Wildman–Crippen LogP) is 2.04. The van der Waals surface area contributed by atoms with Gasteiger partial charge in [0.25, 0.3) is 11.6 Å². The normalized spacial score (nSPS) is 19.0. The average molecular weight is 342 g/mol. The van der Waals surface area contributed by atoms with Crippen molar-refractivity contribution in [2.24, 2.45) is 5.92 Å². The van der Waals surface area contributed by atoms with Gasteiger partial charge in [0.1, 0.15) is 0 Å². The maximum absolute atomic E-state index is 12.0. The van der Waals surface area contributed by atoms with Crippen LogP contribution < -0.4 is 5.32 Å². The highest BCUT2D eigenvalue weighted by Crippen LogP contribution is 2.25. The average Bonchev–Trinajstić information content (AvgIpc) is 2.82. The SMILES string of the molecule is CN1CCC(CNC(=O)c2ccc(Br)c([N+](=O)[O-])c2)C1. The van der Waals surface area contributed by atoms with Crippen LogP contribution in [0.1, 0.15) is 16.8 Å². The molecule has 0 aromatic heterocycles. The Morgan fingerprint density at radius 3 is 2.95 bits per heavy atom. The summed E-state index contributed by atoms with van der Waals surface area (Å²) in [4.78, 5) is 24.6. The van der Waals surface area contributed by atoms with Crippen LogP contribution in [0.2, 0.25) is 0 Å². The lowest BCUT2D eigenvalue weighted by Crippen LogP contribution is -2.30. The van der Waals surface area contributed by atoms with Crippen molar-refractivity contribution in [1.29, 1.82) is 0 Å². The molecule has 1 heterocycles. The second kappa shape index (κ2) is 6.32. The minimum absolute atomic E-state index is 0.0988. The van der Waals surface area contributed by atoms with E-state index in [1.54, 1.807) is 6.07 Å². The van der Waals surface area contributed by atoms with E-state index in [4.69, 9.17) is 0 Å². The molecule has 7 heteroatoms. The Kier molecular flexibility index (Phi) is 4.72. The molecule has 1 aromatic rings. The minimum Gasteiger partial charge on any atom is -0.352 e. The van der Waals surface area contributed by atoms with Crippen LogP contribution in [0.3, 0.4) is 0 Å². The number of nitro groups is 1. The van der Waals surface area contributed by atoms with Crippen LogP contribution >= 0.6 is 15.9 Å². The van der Waals surface area contributed by atoms with E-state index in [2.05, 4.69) is 33.2 Å². The van der Waals surface area contributed by atoms with Crippen molar-refractivity contribution >= 4 is 27.5 Å². The molecule has 20 heavy (non-hydrogen) atoms. The smallest absolute Gasteiger partial charge is 0.284 e. The van der Waals surface area contributed by atoms with Crippen LogP contribution in [0.15, 0.2) is 22.7 Å². The van der Waals surface area contributed by atoms with Gasteiger partial charge in [0.15, 0.2) is 0 Å². The number of amides is 1. The fourth-order valence-electron chi connectivity index (χ4n) is 2.33. The number of carbonyl (C=O) groups excluding carboxylic acids is 1. The Balaban J connectivity index is 1.99. The fourth-order valence-corrected chi connectivity index (χ4v) is 2.72. The van der Waals surface area contributed by atoms with Gasteiger partial charge in [-0.1, -0.05) is 0 Å². The van der Waals surface area contributed by atoms with Crippen LogP contribution in [-0.2, 0) is 0 Å². The summed E-state index contributed by atoms with van der Waals surface area (Å²) in [6.45, 7) is 2.62. The summed E-state index contributed by atoms with van der Waals surface area (Å²) in [6, 6.07) is 4.39. The number of rotatable bonds is 4. The summed E-state index contributed by atoms with van der Waals surface area (Å²) < 4.78 is 0.372. The lowest BCUT2D eigenvalue weighted by molar-refractivity contribution is -0.385. The van der Waals surface area contributed by atoms with Gasteiger partial charge in [-0.3, -0.25) is 14.9 Å². The van der Waals surface area contributed by atoms with Crippen LogP contribution in [0.5, 0.6) is 0 Å². The lowest BCUT2D eigenvalue weighted by atomic mass is 10.1. The molecule has 1 unspecified atom stereocenters. The number of likely N-dealkylation sites (tertiary alicyclic amines) is 1. The highest BCUT2D eigenvalue weighted by Gasteiger charge is 2.21. The first-order chi connectivity index (χ1) is 9.47. The molecule has 0 bridgehead atoms. The van der Waals surface area contributed by atoms with Crippen LogP contribution in [-0.4, -0.2) is 42.4 Å². The second-order valence-electron chi connectivity index (χ2n) is 5.05. The highest BCUT2D eigenvalue weighted by molar-refractivity contribution is 9.10. The molecule has 0 aliphatic carbocycles. The fraction of sp³-hybridized carbons (Fsp3) is 0.462. The van der Waals surface area contributed by atoms with Gasteiger partial charge in [0, 0.05) is 24.7 Å². The standard InChI is InChI=1S/C13H16BrN3O3/c1-16-5-4-9(8-16)7-15-13(18)10-2-3-11(14)12(6-10)17(19)20/h2-3,6,9H,4-5,7-8H2,1H3,(H,15,18). The number of nitro benzene ring substituents is 1. The largest absolute Gasteiger partial charge is 0.352 e. The van der Waals surface area contributed by atoms with Crippen molar-refractivity contribution in [2.75, 3.05) is 26.7 Å². The molecule has 0 radical (unpaired) electrons. The molecule has 108 valence electrons. The first kappa shape index (κ1) is 14.9. The van der Waals surface area contributed by atoms with Crippen LogP contribution in [0.4, 0.5) is 5.69 Å². The van der Waals surface area contributed by atoms with Gasteiger partial charge in [0.2, 0.25) is 0 Å². The van der Waals surface area contributed by atoms with Crippen molar-refractivity contribution in [3.8, 4) is 0 Å². The summed E-state index contributed by atoms with van der Waals surface area (Å²) in [5, 5.41) is 13.7. The third-order valence-corrected chi connectivity index (χ3v) is 4.12. The number of nitrogens with one attached hydrogen (secondary N) is 1. The molecule has 6 nitrogen and oxygen atoms in total. The molecule has 0 saturated carbocycles. The highest BCUT2D eigenvalue weighted by atomic mass is 79.9. The Morgan fingerprint density at radius 1 is 1.60 bits per heavy atom. The van der Waals surface area contributed by atoms with E-state index in [-0.39, 0.29) is 11.6 Å². The van der Waals surface area contributed by atoms with Crippen molar-refractivity contribution in [3.05, 3.63) is 38.3 Å². The summed E-state index contributed by atoms with van der Waals surface area (Å²) >= 11 is 3.10. The Hall–Kier alpha value is -1.47. The van der Waals surface area contributed by atoms with E-state index >= 15 is 0 Å². The molecule has 1 amide bonds. The molecular formula is C13H16BrN3O3. The van der Waals surface area contributed by atoms with Gasteiger partial charge < -0.3 is 10.2 Å². The second-order valence-corrected chi connectivity index (χ2v) is 5.90. The van der Waals surface area contributed by atoms with Gasteiger partial charge in [-0.25, -0.2) is 0 Å². The van der Waals surface area contributed by atoms with Crippen molar-refractivity contribution in [1.82, 2.24) is 10.2 Å². The number of hydrogen-bond donors (Lipinski definition) is 1. The maximum Gasteiger partial charge on any atom is 0.284 e. The third-order valence-electron chi connectivity index (χ3n) is 3.45. The van der Waals surface area contributed by atoms with E-state index in [0.29, 0.717) is 22.5 Å². The third kappa shape index (κ3) is 3.55. The number of benzene rings is 1. The molecule has 2 rings (SSSR count). The number of halogens is 1. The van der Waals surface area contributed by atoms with Crippen molar-refractivity contribution < 1.29 is 9.72 Å². The zero-order valence-electron chi connectivity index (χ0n) is 11.1. The van der Waals surface area contributed by atoms with E-state index in [1.165, 1.54) is 12.1 Å². The molecule has 1 aliphatic heterocycles. The zero-order chi connectivity index (χ0) is 14.7. The Labute approximate surface area is 125 Å². The monoisotopic (exact) mass is 341 g/mol. The Bertz CT molecular complexity index is 536. The van der Waals surface area contributed by atoms with Crippen molar-refractivity contribution in [3.63, 3.8) is 0 Å². The first-order valence-electron chi connectivity index (χ1n) is 6.38. The Morgan fingerprint density at radius 2 is 2.35 bits per heavy atom.